The molecule has 2 atom stereocenters. The van der Waals surface area contributed by atoms with Gasteiger partial charge in [-0.3, -0.25) is 0 Å². The number of hydrogen-bond donors (Lipinski definition) is 2. The van der Waals surface area contributed by atoms with Gasteiger partial charge in [-0.25, -0.2) is 4.79 Å². The Kier molecular flexibility index (Phi) is 2.61. The van der Waals surface area contributed by atoms with Crippen LogP contribution in [0.4, 0.5) is 10.5 Å². The molecule has 3 rings (SSSR count). The van der Waals surface area contributed by atoms with E-state index in [0.29, 0.717) is 17.9 Å². The highest BCUT2D eigenvalue weighted by molar-refractivity contribution is 5.92. The summed E-state index contributed by atoms with van der Waals surface area (Å²) in [6.07, 6.45) is 1.20. The number of rotatable bonds is 2. The number of nitrogens with zero attached hydrogens (tertiary/aromatic N) is 1. The maximum atomic E-state index is 11.6. The van der Waals surface area contributed by atoms with Gasteiger partial charge in [-0.05, 0) is 34.9 Å². The standard InChI is InChI=1S/C15H21N3O/c1-15(2)7-11(15)13(16)9-4-5-12-10(6-9)8-18(3)14(19)17-12/h4-6,11,13H,7-8,16H2,1-3H3,(H,17,19). The average molecular weight is 259 g/mol. The number of hydrogen-bond acceptors (Lipinski definition) is 2. The molecule has 2 aliphatic rings. The number of fused-ring (bicyclic) bond motifs is 1. The number of nitrogens with one attached hydrogen (secondary N) is 1. The number of nitrogens with two attached hydrogens (primary N) is 1. The highest BCUT2D eigenvalue weighted by Gasteiger charge is 2.49. The second-order valence-electron chi connectivity index (χ2n) is 6.53. The number of carbonyl (C=O) groups is 1. The van der Waals surface area contributed by atoms with Crippen LogP contribution in [-0.4, -0.2) is 18.0 Å². The van der Waals surface area contributed by atoms with Gasteiger partial charge >= 0.3 is 6.03 Å². The van der Waals surface area contributed by atoms with E-state index in [1.807, 2.05) is 12.1 Å². The smallest absolute Gasteiger partial charge is 0.321 e. The minimum absolute atomic E-state index is 0.0483. The molecule has 1 aromatic rings. The normalized spacial score (nSPS) is 25.6. The van der Waals surface area contributed by atoms with E-state index in [0.717, 1.165) is 11.3 Å². The van der Waals surface area contributed by atoms with Gasteiger partial charge in [0, 0.05) is 25.3 Å². The van der Waals surface area contributed by atoms with Gasteiger partial charge in [0.1, 0.15) is 0 Å². The first kappa shape index (κ1) is 12.5. The van der Waals surface area contributed by atoms with Crippen LogP contribution in [0.1, 0.15) is 37.4 Å². The van der Waals surface area contributed by atoms with Crippen molar-refractivity contribution in [3.63, 3.8) is 0 Å². The lowest BCUT2D eigenvalue weighted by Crippen LogP contribution is -2.35. The van der Waals surface area contributed by atoms with Gasteiger partial charge in [-0.1, -0.05) is 26.0 Å². The zero-order chi connectivity index (χ0) is 13.8. The van der Waals surface area contributed by atoms with E-state index in [4.69, 9.17) is 5.73 Å². The van der Waals surface area contributed by atoms with E-state index >= 15 is 0 Å². The molecule has 1 aromatic carbocycles. The predicted molar refractivity (Wildman–Crippen MR) is 75.7 cm³/mol. The second-order valence-corrected chi connectivity index (χ2v) is 6.53. The van der Waals surface area contributed by atoms with E-state index in [9.17, 15) is 4.79 Å². The molecule has 0 spiro atoms. The van der Waals surface area contributed by atoms with Crippen molar-refractivity contribution in [2.24, 2.45) is 17.1 Å². The van der Waals surface area contributed by atoms with E-state index in [1.165, 1.54) is 12.0 Å². The topological polar surface area (TPSA) is 58.4 Å². The van der Waals surface area contributed by atoms with Gasteiger partial charge in [-0.2, -0.15) is 0 Å². The molecule has 19 heavy (non-hydrogen) atoms. The lowest BCUT2D eigenvalue weighted by Gasteiger charge is -2.27. The molecule has 1 heterocycles. The van der Waals surface area contributed by atoms with Crippen molar-refractivity contribution < 1.29 is 4.79 Å². The third-order valence-electron chi connectivity index (χ3n) is 4.53. The van der Waals surface area contributed by atoms with Gasteiger partial charge < -0.3 is 16.0 Å². The molecule has 2 unspecified atom stereocenters. The number of anilines is 1. The zero-order valence-electron chi connectivity index (χ0n) is 11.7. The van der Waals surface area contributed by atoms with Crippen LogP contribution in [0, 0.1) is 11.3 Å². The summed E-state index contributed by atoms with van der Waals surface area (Å²) in [6.45, 7) is 5.18. The van der Waals surface area contributed by atoms with Crippen LogP contribution in [0.25, 0.3) is 0 Å². The first-order valence-electron chi connectivity index (χ1n) is 6.79. The average Bonchev–Trinajstić information content (AvgIpc) is 2.98. The highest BCUT2D eigenvalue weighted by atomic mass is 16.2. The Morgan fingerprint density at radius 1 is 1.47 bits per heavy atom. The van der Waals surface area contributed by atoms with Crippen molar-refractivity contribution in [2.75, 3.05) is 12.4 Å². The lowest BCUT2D eigenvalue weighted by molar-refractivity contribution is 0.218. The van der Waals surface area contributed by atoms with E-state index in [1.54, 1.807) is 11.9 Å². The molecule has 4 heteroatoms. The van der Waals surface area contributed by atoms with Crippen LogP contribution >= 0.6 is 0 Å². The molecule has 0 saturated heterocycles. The molecular weight excluding hydrogens is 238 g/mol. The fraction of sp³-hybridized carbons (Fsp3) is 0.533. The summed E-state index contributed by atoms with van der Waals surface area (Å²) in [7, 11) is 1.80. The Balaban J connectivity index is 1.86. The van der Waals surface area contributed by atoms with E-state index in [2.05, 4.69) is 25.2 Å². The first-order chi connectivity index (χ1) is 8.88. The summed E-state index contributed by atoms with van der Waals surface area (Å²) in [4.78, 5) is 13.2. The molecule has 2 amide bonds. The summed E-state index contributed by atoms with van der Waals surface area (Å²) in [6, 6.07) is 6.22. The Labute approximate surface area is 114 Å². The molecule has 1 aliphatic carbocycles. The summed E-state index contributed by atoms with van der Waals surface area (Å²) >= 11 is 0. The summed E-state index contributed by atoms with van der Waals surface area (Å²) in [5.41, 5.74) is 9.98. The fourth-order valence-electron chi connectivity index (χ4n) is 2.96. The molecule has 102 valence electrons. The van der Waals surface area contributed by atoms with Crippen LogP contribution in [0.2, 0.25) is 0 Å². The van der Waals surface area contributed by atoms with Crippen molar-refractivity contribution in [3.8, 4) is 0 Å². The fourth-order valence-corrected chi connectivity index (χ4v) is 2.96. The number of carbonyl (C=O) groups excluding carboxylic acids is 1. The Hall–Kier alpha value is -1.55. The van der Waals surface area contributed by atoms with Crippen molar-refractivity contribution in [1.82, 2.24) is 4.90 Å². The quantitative estimate of drug-likeness (QED) is 0.858. The summed E-state index contributed by atoms with van der Waals surface area (Å²) in [5, 5.41) is 2.88. The molecule has 1 fully saturated rings. The van der Waals surface area contributed by atoms with Crippen LogP contribution in [0.5, 0.6) is 0 Å². The van der Waals surface area contributed by atoms with Crippen LogP contribution in [0.15, 0.2) is 18.2 Å². The molecule has 3 N–H and O–H groups in total. The van der Waals surface area contributed by atoms with Crippen molar-refractivity contribution >= 4 is 11.7 Å². The molecule has 1 saturated carbocycles. The molecular formula is C15H21N3O. The van der Waals surface area contributed by atoms with Crippen LogP contribution in [0.3, 0.4) is 0 Å². The van der Waals surface area contributed by atoms with Gasteiger partial charge in [-0.15, -0.1) is 0 Å². The van der Waals surface area contributed by atoms with Gasteiger partial charge in [0.15, 0.2) is 0 Å². The lowest BCUT2D eigenvalue weighted by atomic mass is 9.95. The SMILES string of the molecule is CN1Cc2cc(C(N)C3CC3(C)C)ccc2NC1=O. The molecule has 1 aliphatic heterocycles. The largest absolute Gasteiger partial charge is 0.324 e. The number of urea groups is 1. The zero-order valence-corrected chi connectivity index (χ0v) is 11.7. The number of benzene rings is 1. The van der Waals surface area contributed by atoms with Crippen molar-refractivity contribution in [2.45, 2.75) is 32.9 Å². The molecule has 0 bridgehead atoms. The van der Waals surface area contributed by atoms with Crippen molar-refractivity contribution in [1.29, 1.82) is 0 Å². The van der Waals surface area contributed by atoms with Crippen molar-refractivity contribution in [3.05, 3.63) is 29.3 Å². The minimum Gasteiger partial charge on any atom is -0.324 e. The maximum absolute atomic E-state index is 11.6. The van der Waals surface area contributed by atoms with Gasteiger partial charge in [0.25, 0.3) is 0 Å². The monoisotopic (exact) mass is 259 g/mol. The third kappa shape index (κ3) is 2.10. The van der Waals surface area contributed by atoms with Crippen LogP contribution < -0.4 is 11.1 Å². The van der Waals surface area contributed by atoms with Crippen LogP contribution in [-0.2, 0) is 6.54 Å². The predicted octanol–water partition coefficient (Wildman–Crippen LogP) is 2.71. The minimum atomic E-state index is -0.0483. The molecule has 4 nitrogen and oxygen atoms in total. The summed E-state index contributed by atoms with van der Waals surface area (Å²) in [5.74, 6) is 0.571. The maximum Gasteiger partial charge on any atom is 0.321 e. The van der Waals surface area contributed by atoms with Gasteiger partial charge in [0.05, 0.1) is 0 Å². The Morgan fingerprint density at radius 3 is 2.79 bits per heavy atom. The second kappa shape index (κ2) is 3.97. The molecule has 0 aromatic heterocycles. The van der Waals surface area contributed by atoms with E-state index in [-0.39, 0.29) is 12.1 Å². The summed E-state index contributed by atoms with van der Waals surface area (Å²) < 4.78 is 0. The van der Waals surface area contributed by atoms with E-state index < -0.39 is 0 Å². The number of amides is 2. The third-order valence-corrected chi connectivity index (χ3v) is 4.53. The van der Waals surface area contributed by atoms with Gasteiger partial charge in [0.2, 0.25) is 0 Å². The Morgan fingerprint density at radius 2 is 2.16 bits per heavy atom. The highest BCUT2D eigenvalue weighted by Crippen LogP contribution is 2.57. The molecule has 0 radical (unpaired) electrons. The first-order valence-corrected chi connectivity index (χ1v) is 6.79. The Bertz CT molecular complexity index is 538.